The van der Waals surface area contributed by atoms with Gasteiger partial charge < -0.3 is 14.5 Å². The van der Waals surface area contributed by atoms with E-state index in [1.54, 1.807) is 6.08 Å². The second-order valence-electron chi connectivity index (χ2n) is 9.81. The lowest BCUT2D eigenvalue weighted by molar-refractivity contribution is -0.149. The summed E-state index contributed by atoms with van der Waals surface area (Å²) in [6.45, 7) is 13.2. The lowest BCUT2D eigenvalue weighted by Crippen LogP contribution is -2.51. The quantitative estimate of drug-likeness (QED) is 0.708. The smallest absolute Gasteiger partial charge is 0.246 e. The summed E-state index contributed by atoms with van der Waals surface area (Å²) in [6, 6.07) is 8.35. The molecule has 2 atom stereocenters. The SMILES string of the molecule is CC1CN(C(=O)C2CCN(C(=O)/C=C/c3ccc(C(C)(C)C)cc3)CC2)CC(C)O1. The predicted molar refractivity (Wildman–Crippen MR) is 120 cm³/mol. The largest absolute Gasteiger partial charge is 0.372 e. The zero-order valence-electron chi connectivity index (χ0n) is 19.1. The molecule has 30 heavy (non-hydrogen) atoms. The fourth-order valence-corrected chi connectivity index (χ4v) is 4.33. The Morgan fingerprint density at radius 2 is 1.53 bits per heavy atom. The first kappa shape index (κ1) is 22.5. The van der Waals surface area contributed by atoms with Crippen LogP contribution < -0.4 is 0 Å². The maximum Gasteiger partial charge on any atom is 0.246 e. The number of nitrogens with zero attached hydrogens (tertiary/aromatic N) is 2. The van der Waals surface area contributed by atoms with Crippen molar-refractivity contribution in [2.75, 3.05) is 26.2 Å². The molecule has 2 aliphatic rings. The molecule has 0 saturated carbocycles. The van der Waals surface area contributed by atoms with Crippen LogP contribution in [0.3, 0.4) is 0 Å². The number of likely N-dealkylation sites (tertiary alicyclic amines) is 1. The third kappa shape index (κ3) is 5.72. The van der Waals surface area contributed by atoms with Crippen molar-refractivity contribution in [3.05, 3.63) is 41.5 Å². The molecule has 2 fully saturated rings. The number of piperidine rings is 1. The van der Waals surface area contributed by atoms with Crippen LogP contribution in [-0.2, 0) is 19.7 Å². The van der Waals surface area contributed by atoms with Gasteiger partial charge in [-0.05, 0) is 49.3 Å². The van der Waals surface area contributed by atoms with E-state index in [1.165, 1.54) is 5.56 Å². The number of rotatable bonds is 3. The molecule has 1 aromatic rings. The Bertz CT molecular complexity index is 761. The van der Waals surface area contributed by atoms with Gasteiger partial charge in [0.2, 0.25) is 11.8 Å². The molecule has 3 rings (SSSR count). The molecule has 2 amide bonds. The van der Waals surface area contributed by atoms with Crippen LogP contribution in [0.15, 0.2) is 30.3 Å². The molecular formula is C25H36N2O3. The standard InChI is InChI=1S/C25H36N2O3/c1-18-16-27(17-19(2)30-18)24(29)21-12-14-26(15-13-21)23(28)11-8-20-6-9-22(10-7-20)25(3,4)5/h6-11,18-19,21H,12-17H2,1-5H3/b11-8+. The topological polar surface area (TPSA) is 49.9 Å². The molecule has 5 heteroatoms. The Hall–Kier alpha value is -2.14. The normalized spacial score (nSPS) is 23.8. The number of ether oxygens (including phenoxy) is 1. The first-order valence-electron chi connectivity index (χ1n) is 11.2. The maximum absolute atomic E-state index is 12.9. The monoisotopic (exact) mass is 412 g/mol. The lowest BCUT2D eigenvalue weighted by atomic mass is 9.87. The second-order valence-corrected chi connectivity index (χ2v) is 9.81. The highest BCUT2D eigenvalue weighted by Gasteiger charge is 2.33. The first-order chi connectivity index (χ1) is 14.1. The van der Waals surface area contributed by atoms with E-state index >= 15 is 0 Å². The highest BCUT2D eigenvalue weighted by molar-refractivity contribution is 5.92. The Labute approximate surface area is 181 Å². The molecule has 0 N–H and O–H groups in total. The van der Waals surface area contributed by atoms with Crippen molar-refractivity contribution in [3.8, 4) is 0 Å². The Kier molecular flexibility index (Phi) is 7.02. The minimum absolute atomic E-state index is 0.0143. The van der Waals surface area contributed by atoms with Gasteiger partial charge in [0.25, 0.3) is 0 Å². The highest BCUT2D eigenvalue weighted by atomic mass is 16.5. The summed E-state index contributed by atoms with van der Waals surface area (Å²) in [5.41, 5.74) is 2.43. The van der Waals surface area contributed by atoms with Crippen molar-refractivity contribution in [2.24, 2.45) is 5.92 Å². The fourth-order valence-electron chi connectivity index (χ4n) is 4.33. The summed E-state index contributed by atoms with van der Waals surface area (Å²) in [4.78, 5) is 29.3. The van der Waals surface area contributed by atoms with E-state index in [2.05, 4.69) is 45.0 Å². The predicted octanol–water partition coefficient (Wildman–Crippen LogP) is 3.87. The van der Waals surface area contributed by atoms with Crippen LogP contribution in [0.25, 0.3) is 6.08 Å². The molecule has 2 saturated heterocycles. The minimum Gasteiger partial charge on any atom is -0.372 e. The van der Waals surface area contributed by atoms with Gasteiger partial charge in [-0.1, -0.05) is 45.0 Å². The second kappa shape index (κ2) is 9.34. The van der Waals surface area contributed by atoms with Crippen molar-refractivity contribution in [3.63, 3.8) is 0 Å². The maximum atomic E-state index is 12.9. The Morgan fingerprint density at radius 1 is 0.967 bits per heavy atom. The fraction of sp³-hybridized carbons (Fsp3) is 0.600. The Morgan fingerprint density at radius 3 is 2.07 bits per heavy atom. The molecule has 2 unspecified atom stereocenters. The van der Waals surface area contributed by atoms with Gasteiger partial charge in [0.15, 0.2) is 0 Å². The molecule has 0 bridgehead atoms. The Balaban J connectivity index is 1.50. The van der Waals surface area contributed by atoms with E-state index in [9.17, 15) is 9.59 Å². The molecule has 0 spiro atoms. The average Bonchev–Trinajstić information content (AvgIpc) is 2.70. The van der Waals surface area contributed by atoms with E-state index < -0.39 is 0 Å². The highest BCUT2D eigenvalue weighted by Crippen LogP contribution is 2.24. The van der Waals surface area contributed by atoms with Gasteiger partial charge in [0.1, 0.15) is 0 Å². The van der Waals surface area contributed by atoms with Gasteiger partial charge in [-0.3, -0.25) is 9.59 Å². The number of hydrogen-bond donors (Lipinski definition) is 0. The number of carbonyl (C=O) groups excluding carboxylic acids is 2. The number of hydrogen-bond acceptors (Lipinski definition) is 3. The van der Waals surface area contributed by atoms with Crippen LogP contribution in [0.2, 0.25) is 0 Å². The summed E-state index contributed by atoms with van der Waals surface area (Å²) in [5, 5.41) is 0. The number of carbonyl (C=O) groups is 2. The van der Waals surface area contributed by atoms with Crippen LogP contribution in [0.5, 0.6) is 0 Å². The van der Waals surface area contributed by atoms with Crippen molar-refractivity contribution >= 4 is 17.9 Å². The third-order valence-corrected chi connectivity index (χ3v) is 6.08. The van der Waals surface area contributed by atoms with E-state index in [-0.39, 0.29) is 35.4 Å². The number of benzene rings is 1. The van der Waals surface area contributed by atoms with Gasteiger partial charge in [-0.25, -0.2) is 0 Å². The van der Waals surface area contributed by atoms with E-state index in [4.69, 9.17) is 4.74 Å². The summed E-state index contributed by atoms with van der Waals surface area (Å²) in [5.74, 6) is 0.258. The van der Waals surface area contributed by atoms with Gasteiger partial charge in [0, 0.05) is 38.2 Å². The molecule has 0 aromatic heterocycles. The molecule has 1 aromatic carbocycles. The van der Waals surface area contributed by atoms with Gasteiger partial charge in [-0.2, -0.15) is 0 Å². The molecule has 2 aliphatic heterocycles. The van der Waals surface area contributed by atoms with Crippen LogP contribution in [0.1, 0.15) is 58.6 Å². The van der Waals surface area contributed by atoms with E-state index in [0.29, 0.717) is 26.2 Å². The van der Waals surface area contributed by atoms with E-state index in [0.717, 1.165) is 18.4 Å². The van der Waals surface area contributed by atoms with Gasteiger partial charge >= 0.3 is 0 Å². The molecule has 5 nitrogen and oxygen atoms in total. The lowest BCUT2D eigenvalue weighted by Gasteiger charge is -2.39. The zero-order chi connectivity index (χ0) is 21.9. The van der Waals surface area contributed by atoms with Crippen LogP contribution >= 0.6 is 0 Å². The minimum atomic E-state index is 0.0143. The summed E-state index contributed by atoms with van der Waals surface area (Å²) in [6.07, 6.45) is 5.17. The van der Waals surface area contributed by atoms with Crippen molar-refractivity contribution in [2.45, 2.75) is 65.1 Å². The molecule has 0 aliphatic carbocycles. The molecule has 2 heterocycles. The summed E-state index contributed by atoms with van der Waals surface area (Å²) < 4.78 is 5.73. The van der Waals surface area contributed by atoms with Crippen LogP contribution in [-0.4, -0.2) is 60.0 Å². The number of morpholine rings is 1. The van der Waals surface area contributed by atoms with Crippen molar-refractivity contribution in [1.82, 2.24) is 9.80 Å². The van der Waals surface area contributed by atoms with Gasteiger partial charge in [0.05, 0.1) is 12.2 Å². The van der Waals surface area contributed by atoms with Crippen molar-refractivity contribution in [1.29, 1.82) is 0 Å². The summed E-state index contributed by atoms with van der Waals surface area (Å²) >= 11 is 0. The molecular weight excluding hydrogens is 376 g/mol. The number of amides is 2. The molecule has 164 valence electrons. The summed E-state index contributed by atoms with van der Waals surface area (Å²) in [7, 11) is 0. The zero-order valence-corrected chi connectivity index (χ0v) is 19.1. The first-order valence-corrected chi connectivity index (χ1v) is 11.2. The van der Waals surface area contributed by atoms with Gasteiger partial charge in [-0.15, -0.1) is 0 Å². The molecule has 0 radical (unpaired) electrons. The van der Waals surface area contributed by atoms with Crippen molar-refractivity contribution < 1.29 is 14.3 Å². The van der Waals surface area contributed by atoms with Crippen LogP contribution in [0.4, 0.5) is 0 Å². The van der Waals surface area contributed by atoms with E-state index in [1.807, 2.05) is 29.7 Å². The third-order valence-electron chi connectivity index (χ3n) is 6.08. The van der Waals surface area contributed by atoms with Crippen LogP contribution in [0, 0.1) is 5.92 Å². The average molecular weight is 413 g/mol.